The van der Waals surface area contributed by atoms with Crippen LogP contribution in [0.1, 0.15) is 86.6 Å². The molecule has 4 aromatic carbocycles. The number of allylic oxidation sites excluding steroid dienone is 2. The van der Waals surface area contributed by atoms with Crippen molar-refractivity contribution < 1.29 is 30.0 Å². The third-order valence-corrected chi connectivity index (χ3v) is 10.6. The predicted octanol–water partition coefficient (Wildman–Crippen LogP) is 12.5. The Hall–Kier alpha value is -3.44. The molecule has 0 fully saturated rings. The van der Waals surface area contributed by atoms with E-state index in [1.54, 1.807) is 24.6 Å². The molecule has 0 saturated carbocycles. The van der Waals surface area contributed by atoms with Crippen LogP contribution in [0.3, 0.4) is 0 Å². The SMILES string of the molecule is CC(C)(C)Cc1cccc2c(-c3ncnc4sc5cc6ccccc6cc5c34)[c-]ccc12.CCC(CC)C(=O)/C(C)=C(\O)C(CC)CC.[Ir]. The van der Waals surface area contributed by atoms with Crippen LogP contribution < -0.4 is 0 Å². The van der Waals surface area contributed by atoms with E-state index in [9.17, 15) is 9.90 Å². The molecule has 0 unspecified atom stereocenters. The van der Waals surface area contributed by atoms with Crippen molar-refractivity contribution >= 4 is 59.0 Å². The molecular weight excluding hydrogens is 801 g/mol. The Kier molecular flexibility index (Phi) is 12.9. The average Bonchev–Trinajstić information content (AvgIpc) is 3.45. The van der Waals surface area contributed by atoms with Crippen molar-refractivity contribution in [3.63, 3.8) is 0 Å². The van der Waals surface area contributed by atoms with Gasteiger partial charge in [0.2, 0.25) is 0 Å². The molecule has 6 rings (SSSR count). The molecule has 0 spiro atoms. The van der Waals surface area contributed by atoms with Gasteiger partial charge in [0.05, 0.1) is 0 Å². The monoisotopic (exact) mass is 850 g/mol. The van der Waals surface area contributed by atoms with Gasteiger partial charge < -0.3 is 5.11 Å². The van der Waals surface area contributed by atoms with E-state index in [-0.39, 0.29) is 43.1 Å². The first-order valence-corrected chi connectivity index (χ1v) is 18.2. The van der Waals surface area contributed by atoms with Gasteiger partial charge in [0.1, 0.15) is 16.9 Å². The van der Waals surface area contributed by atoms with Crippen molar-refractivity contribution in [3.8, 4) is 11.3 Å². The normalized spacial score (nSPS) is 12.4. The smallest absolute Gasteiger partial charge is 0.164 e. The molecule has 6 aromatic rings. The van der Waals surface area contributed by atoms with Gasteiger partial charge >= 0.3 is 0 Å². The number of ketones is 1. The Bertz CT molecular complexity index is 2100. The van der Waals surface area contributed by atoms with E-state index in [2.05, 4.69) is 92.5 Å². The van der Waals surface area contributed by atoms with E-state index in [0.29, 0.717) is 11.3 Å². The van der Waals surface area contributed by atoms with Crippen LogP contribution in [0.15, 0.2) is 84.4 Å². The fourth-order valence-corrected chi connectivity index (χ4v) is 7.86. The zero-order valence-corrected chi connectivity index (χ0v) is 33.3. The maximum absolute atomic E-state index is 12.1. The number of Topliss-reactive ketones (excluding diaryl/α,β-unsaturated/α-hetero) is 1. The summed E-state index contributed by atoms with van der Waals surface area (Å²) in [5.41, 5.74) is 4.19. The topological polar surface area (TPSA) is 63.1 Å². The summed E-state index contributed by atoms with van der Waals surface area (Å²) < 4.78 is 1.24. The second kappa shape index (κ2) is 16.5. The Morgan fingerprint density at radius 1 is 0.837 bits per heavy atom. The molecule has 0 aliphatic rings. The predicted molar refractivity (Wildman–Crippen MR) is 206 cm³/mol. The molecule has 49 heavy (non-hydrogen) atoms. The number of hydrogen-bond donors (Lipinski definition) is 1. The zero-order valence-electron chi connectivity index (χ0n) is 30.1. The molecule has 6 heteroatoms. The largest absolute Gasteiger partial charge is 0.512 e. The molecule has 1 N–H and O–H groups in total. The van der Waals surface area contributed by atoms with Gasteiger partial charge in [0.25, 0.3) is 0 Å². The van der Waals surface area contributed by atoms with Crippen LogP contribution in [-0.2, 0) is 31.3 Å². The van der Waals surface area contributed by atoms with Crippen LogP contribution in [0.2, 0.25) is 0 Å². The number of fused-ring (bicyclic) bond motifs is 5. The van der Waals surface area contributed by atoms with Crippen molar-refractivity contribution in [3.05, 3.63) is 96.0 Å². The van der Waals surface area contributed by atoms with Crippen molar-refractivity contribution in [1.82, 2.24) is 9.97 Å². The average molecular weight is 850 g/mol. The van der Waals surface area contributed by atoms with Gasteiger partial charge in [-0.3, -0.25) is 9.78 Å². The van der Waals surface area contributed by atoms with E-state index >= 15 is 0 Å². The number of hydrogen-bond acceptors (Lipinski definition) is 5. The molecule has 2 heterocycles. The summed E-state index contributed by atoms with van der Waals surface area (Å²) in [6, 6.07) is 27.4. The second-order valence-corrected chi connectivity index (χ2v) is 15.1. The van der Waals surface area contributed by atoms with Crippen LogP contribution >= 0.6 is 11.3 Å². The standard InChI is InChI=1S/C29H23N2S.C14H26O2.Ir/c1-29(2,3)16-20-10-6-12-22-21(20)11-7-13-23(22)27-26-24-14-18-8-4-5-9-19(18)15-25(24)32-28(26)31-17-30-27;1-6-11(7-2)13(15)10(5)14(16)12(8-3)9-4;/h4-12,14-15,17H,16H2,1-3H3;11-12,15H,6-9H2,1-5H3;/q-1;;/b;13-10-;. The van der Waals surface area contributed by atoms with Gasteiger partial charge in [-0.2, -0.15) is 0 Å². The fourth-order valence-electron chi connectivity index (χ4n) is 6.79. The molecule has 1 radical (unpaired) electrons. The molecule has 4 nitrogen and oxygen atoms in total. The van der Waals surface area contributed by atoms with Gasteiger partial charge in [0, 0.05) is 53.3 Å². The first kappa shape index (κ1) is 38.4. The third-order valence-electron chi connectivity index (χ3n) is 9.52. The summed E-state index contributed by atoms with van der Waals surface area (Å²) in [4.78, 5) is 22.5. The third kappa shape index (κ3) is 8.31. The zero-order chi connectivity index (χ0) is 34.6. The quantitative estimate of drug-likeness (QED) is 0.0894. The first-order chi connectivity index (χ1) is 23.0. The van der Waals surface area contributed by atoms with Crippen LogP contribution in [0.25, 0.3) is 53.1 Å². The van der Waals surface area contributed by atoms with Gasteiger partial charge in [0.15, 0.2) is 5.78 Å². The molecule has 0 atom stereocenters. The van der Waals surface area contributed by atoms with Crippen LogP contribution in [0.4, 0.5) is 0 Å². The maximum Gasteiger partial charge on any atom is 0.164 e. The minimum atomic E-state index is 0. The fraction of sp³-hybridized carbons (Fsp3) is 0.372. The number of thiophene rings is 1. The van der Waals surface area contributed by atoms with E-state index in [4.69, 9.17) is 4.98 Å². The Morgan fingerprint density at radius 2 is 1.49 bits per heavy atom. The molecule has 0 saturated heterocycles. The number of aliphatic hydroxyl groups excluding tert-OH is 1. The Morgan fingerprint density at radius 3 is 2.12 bits per heavy atom. The van der Waals surface area contributed by atoms with Crippen LogP contribution in [0, 0.1) is 23.3 Å². The minimum absolute atomic E-state index is 0. The molecule has 0 amide bonds. The van der Waals surface area contributed by atoms with E-state index in [1.807, 2.05) is 33.8 Å². The van der Waals surface area contributed by atoms with Crippen molar-refractivity contribution in [2.24, 2.45) is 17.3 Å². The molecule has 2 aromatic heterocycles. The number of carbonyl (C=O) groups excluding carboxylic acids is 1. The number of benzene rings is 4. The van der Waals surface area contributed by atoms with Gasteiger partial charge in [-0.05, 0) is 72.7 Å². The van der Waals surface area contributed by atoms with Crippen molar-refractivity contribution in [2.45, 2.75) is 87.5 Å². The maximum atomic E-state index is 12.1. The summed E-state index contributed by atoms with van der Waals surface area (Å²) in [5, 5.41) is 17.4. The molecular formula is C43H49IrN2O2S-. The number of aromatic nitrogens is 2. The number of nitrogens with zero attached hydrogens (tertiary/aromatic N) is 2. The Balaban J connectivity index is 0.000000274. The van der Waals surface area contributed by atoms with Gasteiger partial charge in [-0.1, -0.05) is 107 Å². The first-order valence-electron chi connectivity index (χ1n) is 17.4. The molecule has 0 bridgehead atoms. The van der Waals surface area contributed by atoms with E-state index in [0.717, 1.165) is 53.6 Å². The second-order valence-electron chi connectivity index (χ2n) is 14.1. The van der Waals surface area contributed by atoms with E-state index < -0.39 is 0 Å². The Labute approximate surface area is 309 Å². The van der Waals surface area contributed by atoms with E-state index in [1.165, 1.54) is 37.2 Å². The molecule has 0 aliphatic carbocycles. The molecule has 0 aliphatic heterocycles. The summed E-state index contributed by atoms with van der Waals surface area (Å²) in [6.45, 7) is 16.8. The summed E-state index contributed by atoms with van der Waals surface area (Å²) in [5.74, 6) is 0.631. The number of aliphatic hydroxyl groups is 1. The van der Waals surface area contributed by atoms with Crippen molar-refractivity contribution in [1.29, 1.82) is 0 Å². The number of carbonyl (C=O) groups is 1. The van der Waals surface area contributed by atoms with Crippen LogP contribution in [-0.4, -0.2) is 20.9 Å². The minimum Gasteiger partial charge on any atom is -0.512 e. The summed E-state index contributed by atoms with van der Waals surface area (Å²) in [6.07, 6.45) is 6.19. The van der Waals surface area contributed by atoms with Gasteiger partial charge in [-0.15, -0.1) is 35.1 Å². The molecule has 259 valence electrons. The van der Waals surface area contributed by atoms with Gasteiger partial charge in [-0.25, -0.2) is 4.98 Å². The van der Waals surface area contributed by atoms with Crippen LogP contribution in [0.5, 0.6) is 0 Å². The van der Waals surface area contributed by atoms with Crippen molar-refractivity contribution in [2.75, 3.05) is 0 Å². The summed E-state index contributed by atoms with van der Waals surface area (Å²) in [7, 11) is 0. The number of rotatable bonds is 9. The summed E-state index contributed by atoms with van der Waals surface area (Å²) >= 11 is 1.74.